The van der Waals surface area contributed by atoms with E-state index in [-0.39, 0.29) is 31.7 Å². The van der Waals surface area contributed by atoms with Crippen LogP contribution in [0.1, 0.15) is 19.3 Å². The molecule has 0 aromatic carbocycles. The number of hydrogen-bond donors (Lipinski definition) is 6. The van der Waals surface area contributed by atoms with Gasteiger partial charge in [0, 0.05) is 56.5 Å². The van der Waals surface area contributed by atoms with Crippen molar-refractivity contribution >= 4 is 66.9 Å². The summed E-state index contributed by atoms with van der Waals surface area (Å²) in [6.07, 6.45) is 10.3. The Morgan fingerprint density at radius 3 is 0.730 bits per heavy atom. The van der Waals surface area contributed by atoms with Crippen molar-refractivity contribution in [2.45, 2.75) is 19.3 Å². The molecule has 0 fully saturated rings. The van der Waals surface area contributed by atoms with Gasteiger partial charge in [-0.3, -0.25) is 43.7 Å². The molecule has 0 saturated heterocycles. The van der Waals surface area contributed by atoms with Gasteiger partial charge < -0.3 is 30.6 Å². The molecule has 37 heavy (non-hydrogen) atoms. The van der Waals surface area contributed by atoms with Gasteiger partial charge in [0.2, 0.25) is 0 Å². The lowest BCUT2D eigenvalue weighted by molar-refractivity contribution is -0.162. The third-order valence-corrected chi connectivity index (χ3v) is 5.18. The standard InChI is InChI=1S/3C7H7NO4.ClH/c3*9-5(10)7(6(11)12)1-3-8-4-2-7;/h3*1,3-4H,2H2,(H,9,10)(H,11,12);1H. The van der Waals surface area contributed by atoms with Gasteiger partial charge in [0.1, 0.15) is 0 Å². The zero-order valence-corrected chi connectivity index (χ0v) is 19.5. The Morgan fingerprint density at radius 1 is 0.459 bits per heavy atom. The lowest BCUT2D eigenvalue weighted by Gasteiger charge is -2.19. The van der Waals surface area contributed by atoms with E-state index < -0.39 is 52.1 Å². The Hall–Kier alpha value is -4.66. The number of halogens is 1. The van der Waals surface area contributed by atoms with E-state index in [2.05, 4.69) is 15.0 Å². The van der Waals surface area contributed by atoms with Crippen LogP contribution in [0.3, 0.4) is 0 Å². The van der Waals surface area contributed by atoms with Gasteiger partial charge in [-0.15, -0.1) is 12.4 Å². The van der Waals surface area contributed by atoms with Crippen molar-refractivity contribution in [3.63, 3.8) is 0 Å². The summed E-state index contributed by atoms with van der Waals surface area (Å²) in [6.45, 7) is 0. The Labute approximate surface area is 214 Å². The van der Waals surface area contributed by atoms with E-state index in [1.807, 2.05) is 0 Å². The highest BCUT2D eigenvalue weighted by Crippen LogP contribution is 2.28. The van der Waals surface area contributed by atoms with Crippen molar-refractivity contribution in [3.05, 3.63) is 36.8 Å². The zero-order valence-electron chi connectivity index (χ0n) is 18.7. The van der Waals surface area contributed by atoms with Crippen molar-refractivity contribution < 1.29 is 59.4 Å². The molecule has 0 saturated carbocycles. The van der Waals surface area contributed by atoms with Crippen LogP contribution in [0.2, 0.25) is 0 Å². The van der Waals surface area contributed by atoms with Crippen LogP contribution in [0.15, 0.2) is 51.8 Å². The molecule has 0 unspecified atom stereocenters. The predicted octanol–water partition coefficient (Wildman–Crippen LogP) is 0.812. The fourth-order valence-corrected chi connectivity index (χ4v) is 2.71. The lowest BCUT2D eigenvalue weighted by Crippen LogP contribution is -2.38. The number of carboxylic acid groups (broad SMARTS) is 6. The molecule has 0 aliphatic carbocycles. The van der Waals surface area contributed by atoms with Crippen molar-refractivity contribution in [3.8, 4) is 0 Å². The van der Waals surface area contributed by atoms with Gasteiger partial charge >= 0.3 is 35.8 Å². The summed E-state index contributed by atoms with van der Waals surface area (Å²) < 4.78 is 0. The zero-order chi connectivity index (χ0) is 27.6. The molecule has 0 radical (unpaired) electrons. The first kappa shape index (κ1) is 32.3. The number of carboxylic acids is 6. The highest BCUT2D eigenvalue weighted by molar-refractivity contribution is 6.04. The minimum absolute atomic E-state index is 0. The van der Waals surface area contributed by atoms with Crippen LogP contribution in [0.5, 0.6) is 0 Å². The third-order valence-electron chi connectivity index (χ3n) is 5.18. The normalized spacial score (nSPS) is 18.5. The molecule has 0 aromatic heterocycles. The molecular weight excluding hydrogens is 522 g/mol. The van der Waals surface area contributed by atoms with E-state index in [9.17, 15) is 28.8 Å². The number of rotatable bonds is 6. The van der Waals surface area contributed by atoms with E-state index in [0.717, 1.165) is 18.2 Å². The molecule has 200 valence electrons. The first-order chi connectivity index (χ1) is 16.8. The van der Waals surface area contributed by atoms with Crippen LogP contribution < -0.4 is 0 Å². The molecule has 16 heteroatoms. The molecule has 3 heterocycles. The van der Waals surface area contributed by atoms with Crippen LogP contribution >= 0.6 is 12.4 Å². The molecule has 15 nitrogen and oxygen atoms in total. The molecule has 3 aliphatic rings. The van der Waals surface area contributed by atoms with Crippen molar-refractivity contribution in [1.82, 2.24) is 0 Å². The summed E-state index contributed by atoms with van der Waals surface area (Å²) in [7, 11) is 0. The molecule has 0 atom stereocenters. The molecule has 0 aromatic rings. The molecule has 0 spiro atoms. The Morgan fingerprint density at radius 2 is 0.649 bits per heavy atom. The Balaban J connectivity index is 0.000000518. The minimum atomic E-state index is -1.82. The van der Waals surface area contributed by atoms with Gasteiger partial charge in [-0.05, 0) is 18.2 Å². The van der Waals surface area contributed by atoms with Gasteiger partial charge in [-0.2, -0.15) is 0 Å². The second-order valence-electron chi connectivity index (χ2n) is 7.30. The second-order valence-corrected chi connectivity index (χ2v) is 7.30. The first-order valence-corrected chi connectivity index (χ1v) is 9.77. The van der Waals surface area contributed by atoms with E-state index >= 15 is 0 Å². The van der Waals surface area contributed by atoms with E-state index in [1.54, 1.807) is 0 Å². The first-order valence-electron chi connectivity index (χ1n) is 9.77. The highest BCUT2D eigenvalue weighted by atomic mass is 35.5. The van der Waals surface area contributed by atoms with Gasteiger partial charge in [0.25, 0.3) is 0 Å². The van der Waals surface area contributed by atoms with Crippen LogP contribution in [-0.2, 0) is 28.8 Å². The number of nitrogens with zero attached hydrogens (tertiary/aromatic N) is 3. The van der Waals surface area contributed by atoms with Gasteiger partial charge in [0.15, 0.2) is 16.2 Å². The molecular formula is C21H22ClN3O12. The number of aliphatic carboxylic acids is 6. The van der Waals surface area contributed by atoms with Gasteiger partial charge in [0.05, 0.1) is 0 Å². The largest absolute Gasteiger partial charge is 0.480 e. The topological polar surface area (TPSA) is 261 Å². The summed E-state index contributed by atoms with van der Waals surface area (Å²) in [4.78, 5) is 74.6. The molecule has 3 rings (SSSR count). The third kappa shape index (κ3) is 7.17. The molecule has 0 bridgehead atoms. The van der Waals surface area contributed by atoms with Gasteiger partial charge in [-0.1, -0.05) is 0 Å². The maximum absolute atomic E-state index is 10.6. The SMILES string of the molecule is Cl.O=C(O)C1(C(=O)O)C=CN=CC1.O=C(O)C1(C(=O)O)C=CN=CC1.O=C(O)C1(C(=O)O)C=CN=CC1. The summed E-state index contributed by atoms with van der Waals surface area (Å²) in [5.74, 6) is -8.18. The maximum Gasteiger partial charge on any atom is 0.325 e. The predicted molar refractivity (Wildman–Crippen MR) is 127 cm³/mol. The summed E-state index contributed by atoms with van der Waals surface area (Å²) in [5, 5.41) is 52.0. The average molecular weight is 544 g/mol. The monoisotopic (exact) mass is 543 g/mol. The van der Waals surface area contributed by atoms with Crippen LogP contribution in [0, 0.1) is 16.2 Å². The Kier molecular flexibility index (Phi) is 11.7. The average Bonchev–Trinajstić information content (AvgIpc) is 2.85. The van der Waals surface area contributed by atoms with E-state index in [4.69, 9.17) is 30.6 Å². The quantitative estimate of drug-likeness (QED) is 0.254. The van der Waals surface area contributed by atoms with Crippen LogP contribution in [0.4, 0.5) is 0 Å². The highest BCUT2D eigenvalue weighted by Gasteiger charge is 2.45. The molecule has 3 aliphatic heterocycles. The summed E-state index contributed by atoms with van der Waals surface area (Å²) in [5.41, 5.74) is -5.45. The number of aliphatic imine (C=N–C) groups is 3. The van der Waals surface area contributed by atoms with Crippen molar-refractivity contribution in [2.24, 2.45) is 31.2 Å². The summed E-state index contributed by atoms with van der Waals surface area (Å²) >= 11 is 0. The van der Waals surface area contributed by atoms with Crippen molar-refractivity contribution in [1.29, 1.82) is 0 Å². The molecule has 6 N–H and O–H groups in total. The number of carbonyl (C=O) groups is 6. The second kappa shape index (κ2) is 13.4. The van der Waals surface area contributed by atoms with Crippen LogP contribution in [0.25, 0.3) is 0 Å². The number of hydrogen-bond acceptors (Lipinski definition) is 9. The van der Waals surface area contributed by atoms with Crippen LogP contribution in [-0.4, -0.2) is 85.1 Å². The van der Waals surface area contributed by atoms with Crippen molar-refractivity contribution in [2.75, 3.05) is 0 Å². The molecule has 0 amide bonds. The minimum Gasteiger partial charge on any atom is -0.480 e. The summed E-state index contributed by atoms with van der Waals surface area (Å²) in [6, 6.07) is 0. The lowest BCUT2D eigenvalue weighted by atomic mass is 9.84. The van der Waals surface area contributed by atoms with E-state index in [1.165, 1.54) is 37.2 Å². The Bertz CT molecular complexity index is 940. The smallest absolute Gasteiger partial charge is 0.325 e. The fraction of sp³-hybridized carbons (Fsp3) is 0.286. The maximum atomic E-state index is 10.6. The van der Waals surface area contributed by atoms with E-state index in [0.29, 0.717) is 0 Å². The fourth-order valence-electron chi connectivity index (χ4n) is 2.71. The van der Waals surface area contributed by atoms with Gasteiger partial charge in [-0.25, -0.2) is 0 Å².